The summed E-state index contributed by atoms with van der Waals surface area (Å²) in [5.41, 5.74) is 2.21. The Bertz CT molecular complexity index is 789. The van der Waals surface area contributed by atoms with E-state index in [2.05, 4.69) is 6.92 Å². The Morgan fingerprint density at radius 1 is 1.11 bits per heavy atom. The number of ether oxygens (including phenoxy) is 2. The van der Waals surface area contributed by atoms with Crippen LogP contribution in [0.4, 0.5) is 4.39 Å². The van der Waals surface area contributed by atoms with Gasteiger partial charge in [-0.1, -0.05) is 6.92 Å². The number of fused-ring (bicyclic) bond motifs is 5. The topological polar surface area (TPSA) is 52.6 Å². The first-order valence-electron chi connectivity index (χ1n) is 9.97. The van der Waals surface area contributed by atoms with Crippen LogP contribution in [0.3, 0.4) is 0 Å². The van der Waals surface area contributed by atoms with Crippen LogP contribution >= 0.6 is 0 Å². The number of esters is 2. The van der Waals surface area contributed by atoms with Crippen molar-refractivity contribution in [1.29, 1.82) is 0 Å². The van der Waals surface area contributed by atoms with Gasteiger partial charge in [0.2, 0.25) is 0 Å². The minimum Gasteiger partial charge on any atom is -0.462 e. The van der Waals surface area contributed by atoms with E-state index in [1.54, 1.807) is 12.1 Å². The molecule has 2 fully saturated rings. The van der Waals surface area contributed by atoms with Crippen molar-refractivity contribution in [1.82, 2.24) is 0 Å². The normalized spacial score (nSPS) is 34.2. The number of benzene rings is 1. The molecule has 0 spiro atoms. The van der Waals surface area contributed by atoms with E-state index in [1.165, 1.54) is 13.8 Å². The minimum absolute atomic E-state index is 0.00502. The lowest BCUT2D eigenvalue weighted by Gasteiger charge is -2.50. The van der Waals surface area contributed by atoms with Gasteiger partial charge in [-0.2, -0.15) is 0 Å². The van der Waals surface area contributed by atoms with Crippen molar-refractivity contribution in [3.8, 4) is 5.75 Å². The molecule has 0 aromatic heterocycles. The Kier molecular flexibility index (Phi) is 4.52. The van der Waals surface area contributed by atoms with Crippen LogP contribution in [0.15, 0.2) is 12.1 Å². The summed E-state index contributed by atoms with van der Waals surface area (Å²) >= 11 is 0. The van der Waals surface area contributed by atoms with Crippen LogP contribution in [-0.4, -0.2) is 18.0 Å². The van der Waals surface area contributed by atoms with Crippen molar-refractivity contribution in [2.45, 2.75) is 71.3 Å². The Morgan fingerprint density at radius 2 is 1.89 bits per heavy atom. The number of halogens is 1. The quantitative estimate of drug-likeness (QED) is 0.563. The summed E-state index contributed by atoms with van der Waals surface area (Å²) in [7, 11) is 0. The van der Waals surface area contributed by atoms with Gasteiger partial charge < -0.3 is 9.47 Å². The lowest BCUT2D eigenvalue weighted by atomic mass is 9.55. The predicted octanol–water partition coefficient (Wildman–Crippen LogP) is 4.54. The molecular weight excluding hydrogens is 347 g/mol. The predicted molar refractivity (Wildman–Crippen MR) is 97.9 cm³/mol. The number of carbonyl (C=O) groups is 2. The van der Waals surface area contributed by atoms with Crippen molar-refractivity contribution in [2.24, 2.45) is 17.3 Å². The highest BCUT2D eigenvalue weighted by molar-refractivity contribution is 5.69. The monoisotopic (exact) mass is 374 g/mol. The van der Waals surface area contributed by atoms with Crippen molar-refractivity contribution in [3.63, 3.8) is 0 Å². The van der Waals surface area contributed by atoms with Gasteiger partial charge in [0.05, 0.1) is 0 Å². The molecule has 5 heteroatoms. The molecule has 3 aliphatic carbocycles. The molecule has 4 nitrogen and oxygen atoms in total. The second kappa shape index (κ2) is 6.61. The Hall–Kier alpha value is -1.91. The SMILES string of the molecule is CC(=O)Oc1cc2c(cc1F)[C@H]1CC[C@]3(C)[C@@H](OC(C)=O)CC[C@H]3[C@@H]1CC2. The highest BCUT2D eigenvalue weighted by Crippen LogP contribution is 2.61. The number of rotatable bonds is 2. The zero-order chi connectivity index (χ0) is 19.3. The van der Waals surface area contributed by atoms with Crippen LogP contribution in [-0.2, 0) is 20.7 Å². The molecule has 146 valence electrons. The van der Waals surface area contributed by atoms with Gasteiger partial charge in [0.15, 0.2) is 11.6 Å². The number of hydrogen-bond donors (Lipinski definition) is 0. The summed E-state index contributed by atoms with van der Waals surface area (Å²) in [6.45, 7) is 5.05. The average molecular weight is 374 g/mol. The first kappa shape index (κ1) is 18.5. The molecule has 0 heterocycles. The fourth-order valence-electron chi connectivity index (χ4n) is 6.15. The number of carbonyl (C=O) groups excluding carboxylic acids is 2. The molecule has 5 atom stereocenters. The highest BCUT2D eigenvalue weighted by atomic mass is 19.1. The van der Waals surface area contributed by atoms with Gasteiger partial charge in [-0.3, -0.25) is 9.59 Å². The van der Waals surface area contributed by atoms with Gasteiger partial charge in [0, 0.05) is 19.3 Å². The van der Waals surface area contributed by atoms with E-state index in [0.29, 0.717) is 17.8 Å². The van der Waals surface area contributed by atoms with Crippen molar-refractivity contribution in [2.75, 3.05) is 0 Å². The van der Waals surface area contributed by atoms with E-state index in [4.69, 9.17) is 9.47 Å². The van der Waals surface area contributed by atoms with Crippen LogP contribution in [0.25, 0.3) is 0 Å². The van der Waals surface area contributed by atoms with Gasteiger partial charge in [-0.15, -0.1) is 0 Å². The molecule has 0 aliphatic heterocycles. The Balaban J connectivity index is 1.62. The fraction of sp³-hybridized carbons (Fsp3) is 0.636. The Morgan fingerprint density at radius 3 is 2.59 bits per heavy atom. The summed E-state index contributed by atoms with van der Waals surface area (Å²) in [4.78, 5) is 22.7. The van der Waals surface area contributed by atoms with E-state index in [0.717, 1.165) is 49.7 Å². The molecule has 0 amide bonds. The van der Waals surface area contributed by atoms with Gasteiger partial charge in [0.25, 0.3) is 0 Å². The first-order valence-corrected chi connectivity index (χ1v) is 9.97. The van der Waals surface area contributed by atoms with Gasteiger partial charge >= 0.3 is 11.9 Å². The maximum atomic E-state index is 14.5. The third-order valence-corrected chi connectivity index (χ3v) is 7.25. The van der Waals surface area contributed by atoms with Crippen LogP contribution in [0.1, 0.15) is 69.9 Å². The summed E-state index contributed by atoms with van der Waals surface area (Å²) < 4.78 is 25.2. The van der Waals surface area contributed by atoms with Crippen molar-refractivity contribution < 1.29 is 23.5 Å². The number of aryl methyl sites for hydroxylation is 1. The van der Waals surface area contributed by atoms with Crippen LogP contribution in [0.2, 0.25) is 0 Å². The highest BCUT2D eigenvalue weighted by Gasteiger charge is 2.56. The molecule has 0 unspecified atom stereocenters. The second-order valence-electron chi connectivity index (χ2n) is 8.71. The third kappa shape index (κ3) is 3.05. The lowest BCUT2D eigenvalue weighted by Crippen LogP contribution is -2.45. The zero-order valence-corrected chi connectivity index (χ0v) is 16.2. The van der Waals surface area contributed by atoms with Crippen LogP contribution in [0, 0.1) is 23.1 Å². The summed E-state index contributed by atoms with van der Waals surface area (Å²) in [5, 5.41) is 0. The smallest absolute Gasteiger partial charge is 0.308 e. The summed E-state index contributed by atoms with van der Waals surface area (Å²) in [6, 6.07) is 3.30. The van der Waals surface area contributed by atoms with Gasteiger partial charge in [0.1, 0.15) is 6.10 Å². The van der Waals surface area contributed by atoms with E-state index in [1.807, 2.05) is 0 Å². The maximum Gasteiger partial charge on any atom is 0.308 e. The molecule has 27 heavy (non-hydrogen) atoms. The molecule has 3 aliphatic rings. The van der Waals surface area contributed by atoms with Gasteiger partial charge in [-0.25, -0.2) is 4.39 Å². The number of hydrogen-bond acceptors (Lipinski definition) is 4. The molecule has 1 aromatic rings. The van der Waals surface area contributed by atoms with E-state index in [9.17, 15) is 14.0 Å². The summed E-state index contributed by atoms with van der Waals surface area (Å²) in [6.07, 6.45) is 5.89. The second-order valence-corrected chi connectivity index (χ2v) is 8.71. The average Bonchev–Trinajstić information content (AvgIpc) is 2.91. The van der Waals surface area contributed by atoms with E-state index in [-0.39, 0.29) is 23.2 Å². The Labute approximate surface area is 159 Å². The maximum absolute atomic E-state index is 14.5. The van der Waals surface area contributed by atoms with E-state index < -0.39 is 11.8 Å². The van der Waals surface area contributed by atoms with Crippen LogP contribution in [0.5, 0.6) is 5.75 Å². The molecule has 2 saturated carbocycles. The minimum atomic E-state index is -0.501. The standard InChI is InChI=1S/C22H27FO4/c1-12(24)26-20-10-14-4-5-16-15(17(14)11-19(20)23)8-9-22(3)18(16)6-7-21(22)27-13(2)25/h10-11,15-16,18,21H,4-9H2,1-3H3/t15-,16+,18-,21-,22-/m0/s1. The van der Waals surface area contributed by atoms with Crippen LogP contribution < -0.4 is 4.74 Å². The largest absolute Gasteiger partial charge is 0.462 e. The molecule has 0 saturated heterocycles. The zero-order valence-electron chi connectivity index (χ0n) is 16.2. The van der Waals surface area contributed by atoms with Crippen molar-refractivity contribution >= 4 is 11.9 Å². The first-order chi connectivity index (χ1) is 12.8. The van der Waals surface area contributed by atoms with Crippen molar-refractivity contribution in [3.05, 3.63) is 29.1 Å². The van der Waals surface area contributed by atoms with Gasteiger partial charge in [-0.05, 0) is 79.5 Å². The summed E-state index contributed by atoms with van der Waals surface area (Å²) in [5.74, 6) is 0.222. The lowest BCUT2D eigenvalue weighted by molar-refractivity contribution is -0.154. The molecule has 0 N–H and O–H groups in total. The fourth-order valence-corrected chi connectivity index (χ4v) is 6.15. The van der Waals surface area contributed by atoms with E-state index >= 15 is 0 Å². The molecule has 1 aromatic carbocycles. The molecule has 0 radical (unpaired) electrons. The molecule has 0 bridgehead atoms. The third-order valence-electron chi connectivity index (χ3n) is 7.25. The molecular formula is C22H27FO4. The molecule has 4 rings (SSSR count).